The molecule has 2 aromatic rings. The first-order chi connectivity index (χ1) is 10.1. The number of hydrogen-bond acceptors (Lipinski definition) is 3. The van der Waals surface area contributed by atoms with E-state index < -0.39 is 0 Å². The Morgan fingerprint density at radius 1 is 1.24 bits per heavy atom. The quantitative estimate of drug-likeness (QED) is 0.740. The Hall–Kier alpha value is -0.740. The van der Waals surface area contributed by atoms with Gasteiger partial charge in [0.2, 0.25) is 0 Å². The van der Waals surface area contributed by atoms with Crippen LogP contribution >= 0.6 is 35.0 Å². The minimum absolute atomic E-state index is 0.308. The summed E-state index contributed by atoms with van der Waals surface area (Å²) in [5.74, 6) is 0. The minimum atomic E-state index is 0.308. The highest BCUT2D eigenvalue weighted by Gasteiger charge is 2.08. The Morgan fingerprint density at radius 3 is 2.81 bits per heavy atom. The third-order valence-electron chi connectivity index (χ3n) is 3.07. The molecule has 1 aromatic carbocycles. The van der Waals surface area contributed by atoms with Crippen molar-refractivity contribution in [2.45, 2.75) is 36.2 Å². The number of rotatable bonds is 6. The van der Waals surface area contributed by atoms with E-state index in [0.29, 0.717) is 16.1 Å². The van der Waals surface area contributed by atoms with Gasteiger partial charge in [-0.2, -0.15) is 0 Å². The molecular weight excluding hydrogens is 323 g/mol. The summed E-state index contributed by atoms with van der Waals surface area (Å²) in [5.41, 5.74) is 1.22. The van der Waals surface area contributed by atoms with Gasteiger partial charge in [-0.05, 0) is 55.8 Å². The molecule has 0 bridgehead atoms. The Morgan fingerprint density at radius 2 is 2.05 bits per heavy atom. The van der Waals surface area contributed by atoms with E-state index in [4.69, 9.17) is 23.2 Å². The molecule has 0 amide bonds. The molecule has 0 aliphatic rings. The highest BCUT2D eigenvalue weighted by Crippen LogP contribution is 2.34. The summed E-state index contributed by atoms with van der Waals surface area (Å²) in [4.78, 5) is 5.32. The zero-order valence-corrected chi connectivity index (χ0v) is 14.4. The van der Waals surface area contributed by atoms with E-state index in [2.05, 4.69) is 30.2 Å². The standard InChI is InChI=1S/C16H18Cl2N2S/c1-3-7-19-11(2)12-6-8-20-16(9-12)21-15-10-13(17)4-5-14(15)18/h4-6,8-11,19H,3,7H2,1-2H3. The van der Waals surface area contributed by atoms with E-state index in [-0.39, 0.29) is 0 Å². The number of nitrogens with one attached hydrogen (secondary N) is 1. The minimum Gasteiger partial charge on any atom is -0.310 e. The number of nitrogens with zero attached hydrogens (tertiary/aromatic N) is 1. The summed E-state index contributed by atoms with van der Waals surface area (Å²) in [5, 5.41) is 5.76. The molecule has 0 saturated heterocycles. The lowest BCUT2D eigenvalue weighted by atomic mass is 10.1. The van der Waals surface area contributed by atoms with Crippen LogP contribution in [0, 0.1) is 0 Å². The van der Waals surface area contributed by atoms with Gasteiger partial charge < -0.3 is 5.32 Å². The summed E-state index contributed by atoms with van der Waals surface area (Å²) in [7, 11) is 0. The molecular formula is C16H18Cl2N2S. The Balaban J connectivity index is 2.15. The van der Waals surface area contributed by atoms with Crippen LogP contribution in [-0.4, -0.2) is 11.5 Å². The zero-order valence-electron chi connectivity index (χ0n) is 12.1. The van der Waals surface area contributed by atoms with E-state index in [0.717, 1.165) is 22.9 Å². The van der Waals surface area contributed by atoms with Crippen molar-refractivity contribution in [3.8, 4) is 0 Å². The van der Waals surface area contributed by atoms with Gasteiger partial charge in [0.15, 0.2) is 0 Å². The van der Waals surface area contributed by atoms with Crippen LogP contribution in [0.4, 0.5) is 0 Å². The fourth-order valence-electron chi connectivity index (χ4n) is 1.90. The maximum Gasteiger partial charge on any atom is 0.101 e. The lowest BCUT2D eigenvalue weighted by Gasteiger charge is -2.14. The van der Waals surface area contributed by atoms with E-state index in [1.165, 1.54) is 17.3 Å². The van der Waals surface area contributed by atoms with Crippen molar-refractivity contribution in [2.24, 2.45) is 0 Å². The summed E-state index contributed by atoms with van der Waals surface area (Å²) in [6, 6.07) is 9.89. The van der Waals surface area contributed by atoms with E-state index in [1.807, 2.05) is 24.4 Å². The molecule has 5 heteroatoms. The smallest absolute Gasteiger partial charge is 0.101 e. The Bertz CT molecular complexity index is 605. The zero-order chi connectivity index (χ0) is 15.2. The van der Waals surface area contributed by atoms with Gasteiger partial charge in [0.25, 0.3) is 0 Å². The van der Waals surface area contributed by atoms with Crippen LogP contribution in [0.25, 0.3) is 0 Å². The van der Waals surface area contributed by atoms with Crippen LogP contribution in [0.3, 0.4) is 0 Å². The summed E-state index contributed by atoms with van der Waals surface area (Å²) >= 11 is 13.7. The molecule has 112 valence electrons. The maximum atomic E-state index is 6.20. The first-order valence-corrected chi connectivity index (χ1v) is 8.49. The second-order valence-corrected chi connectivity index (χ2v) is 6.69. The lowest BCUT2D eigenvalue weighted by Crippen LogP contribution is -2.19. The van der Waals surface area contributed by atoms with Gasteiger partial charge in [0.1, 0.15) is 5.03 Å². The fourth-order valence-corrected chi connectivity index (χ4v) is 3.25. The lowest BCUT2D eigenvalue weighted by molar-refractivity contribution is 0.569. The molecule has 2 nitrogen and oxygen atoms in total. The second kappa shape index (κ2) is 8.04. The molecule has 21 heavy (non-hydrogen) atoms. The average Bonchev–Trinajstić information content (AvgIpc) is 2.49. The third kappa shape index (κ3) is 4.89. The van der Waals surface area contributed by atoms with Gasteiger partial charge in [-0.15, -0.1) is 0 Å². The summed E-state index contributed by atoms with van der Waals surface area (Å²) in [6.45, 7) is 5.33. The molecule has 0 spiro atoms. The van der Waals surface area contributed by atoms with Crippen molar-refractivity contribution in [3.05, 3.63) is 52.1 Å². The highest BCUT2D eigenvalue weighted by molar-refractivity contribution is 7.99. The fraction of sp³-hybridized carbons (Fsp3) is 0.312. The molecule has 1 atom stereocenters. The summed E-state index contributed by atoms with van der Waals surface area (Å²) in [6.07, 6.45) is 2.95. The number of hydrogen-bond donors (Lipinski definition) is 1. The van der Waals surface area contributed by atoms with Crippen molar-refractivity contribution in [1.82, 2.24) is 10.3 Å². The van der Waals surface area contributed by atoms with Crippen LogP contribution in [0.5, 0.6) is 0 Å². The number of aromatic nitrogens is 1. The SMILES string of the molecule is CCCNC(C)c1ccnc(Sc2cc(Cl)ccc2Cl)c1. The topological polar surface area (TPSA) is 24.9 Å². The number of halogens is 2. The van der Waals surface area contributed by atoms with Crippen LogP contribution in [0.2, 0.25) is 10.0 Å². The molecule has 1 heterocycles. The van der Waals surface area contributed by atoms with Crippen molar-refractivity contribution in [3.63, 3.8) is 0 Å². The van der Waals surface area contributed by atoms with Gasteiger partial charge >= 0.3 is 0 Å². The molecule has 0 saturated carbocycles. The van der Waals surface area contributed by atoms with Crippen LogP contribution in [0.15, 0.2) is 46.5 Å². The third-order valence-corrected chi connectivity index (χ3v) is 4.73. The normalized spacial score (nSPS) is 12.4. The Kier molecular flexibility index (Phi) is 6.37. The van der Waals surface area contributed by atoms with Crippen LogP contribution in [0.1, 0.15) is 31.9 Å². The number of pyridine rings is 1. The molecule has 0 radical (unpaired) electrons. The summed E-state index contributed by atoms with van der Waals surface area (Å²) < 4.78 is 0. The van der Waals surface area contributed by atoms with Crippen LogP contribution < -0.4 is 5.32 Å². The van der Waals surface area contributed by atoms with Gasteiger partial charge in [-0.1, -0.05) is 41.9 Å². The molecule has 1 unspecified atom stereocenters. The van der Waals surface area contributed by atoms with Crippen molar-refractivity contribution < 1.29 is 0 Å². The second-order valence-electron chi connectivity index (χ2n) is 4.78. The van der Waals surface area contributed by atoms with Crippen molar-refractivity contribution >= 4 is 35.0 Å². The van der Waals surface area contributed by atoms with Crippen molar-refractivity contribution in [2.75, 3.05) is 6.54 Å². The maximum absolute atomic E-state index is 6.20. The van der Waals surface area contributed by atoms with Gasteiger partial charge in [0, 0.05) is 22.2 Å². The predicted octanol–water partition coefficient (Wildman–Crippen LogP) is 5.60. The van der Waals surface area contributed by atoms with Gasteiger partial charge in [0.05, 0.1) is 5.02 Å². The van der Waals surface area contributed by atoms with Gasteiger partial charge in [-0.3, -0.25) is 0 Å². The largest absolute Gasteiger partial charge is 0.310 e. The van der Waals surface area contributed by atoms with Crippen LogP contribution in [-0.2, 0) is 0 Å². The predicted molar refractivity (Wildman–Crippen MR) is 91.5 cm³/mol. The molecule has 0 fully saturated rings. The highest BCUT2D eigenvalue weighted by atomic mass is 35.5. The van der Waals surface area contributed by atoms with E-state index in [9.17, 15) is 0 Å². The first kappa shape index (κ1) is 16.6. The monoisotopic (exact) mass is 340 g/mol. The molecule has 1 N–H and O–H groups in total. The molecule has 2 rings (SSSR count). The molecule has 0 aliphatic carbocycles. The van der Waals surface area contributed by atoms with E-state index >= 15 is 0 Å². The van der Waals surface area contributed by atoms with Gasteiger partial charge in [-0.25, -0.2) is 4.98 Å². The number of benzene rings is 1. The first-order valence-electron chi connectivity index (χ1n) is 6.92. The van der Waals surface area contributed by atoms with E-state index in [1.54, 1.807) is 6.07 Å². The molecule has 0 aliphatic heterocycles. The van der Waals surface area contributed by atoms with Crippen molar-refractivity contribution in [1.29, 1.82) is 0 Å². The average molecular weight is 341 g/mol. The molecule has 1 aromatic heterocycles. The Labute approximate surface area is 140 Å².